The van der Waals surface area contributed by atoms with E-state index in [9.17, 15) is 32.9 Å². The van der Waals surface area contributed by atoms with Crippen LogP contribution in [0.5, 0.6) is 11.5 Å². The maximum atomic E-state index is 13.6. The maximum absolute atomic E-state index is 13.6. The molecule has 0 fully saturated rings. The molecule has 0 saturated heterocycles. The zero-order chi connectivity index (χ0) is 20.8. The molecule has 11 heteroatoms. The zero-order valence-electron chi connectivity index (χ0n) is 14.2. The van der Waals surface area contributed by atoms with Crippen molar-refractivity contribution in [2.75, 3.05) is 13.7 Å². The number of benzene rings is 2. The highest BCUT2D eigenvalue weighted by molar-refractivity contribution is 6.00. The van der Waals surface area contributed by atoms with Gasteiger partial charge in [-0.2, -0.15) is 8.78 Å². The van der Waals surface area contributed by atoms with Crippen LogP contribution in [-0.4, -0.2) is 37.0 Å². The second-order valence-corrected chi connectivity index (χ2v) is 5.13. The van der Waals surface area contributed by atoms with Crippen molar-refractivity contribution in [2.24, 2.45) is 0 Å². The van der Waals surface area contributed by atoms with Crippen molar-refractivity contribution in [1.82, 2.24) is 0 Å². The summed E-state index contributed by atoms with van der Waals surface area (Å²) in [5, 5.41) is 11.2. The number of esters is 1. The summed E-state index contributed by atoms with van der Waals surface area (Å²) in [6, 6.07) is 6.30. The van der Waals surface area contributed by atoms with E-state index in [1.165, 1.54) is 18.2 Å². The summed E-state index contributed by atoms with van der Waals surface area (Å²) in [6.45, 7) is -4.18. The number of nitrogens with zero attached hydrogens (tertiary/aromatic N) is 1. The SMILES string of the molecule is COc1cc(C(=O)OCC(=O)c2ccccc2F)c([N+](=O)[O-])cc1OC(F)F. The van der Waals surface area contributed by atoms with Crippen LogP contribution in [0.4, 0.5) is 18.9 Å². The minimum Gasteiger partial charge on any atom is -0.493 e. The number of hydrogen-bond donors (Lipinski definition) is 0. The number of Topliss-reactive ketones (excluding diaryl/α,β-unsaturated/α-hetero) is 1. The van der Waals surface area contributed by atoms with E-state index in [-0.39, 0.29) is 5.56 Å². The van der Waals surface area contributed by atoms with Gasteiger partial charge in [0, 0.05) is 6.07 Å². The first-order valence-corrected chi connectivity index (χ1v) is 7.50. The van der Waals surface area contributed by atoms with Crippen LogP contribution in [0.25, 0.3) is 0 Å². The molecule has 0 radical (unpaired) electrons. The monoisotopic (exact) mass is 399 g/mol. The Morgan fingerprint density at radius 2 is 1.82 bits per heavy atom. The first kappa shape index (κ1) is 20.7. The number of carbonyl (C=O) groups excluding carboxylic acids is 2. The van der Waals surface area contributed by atoms with Crippen molar-refractivity contribution in [1.29, 1.82) is 0 Å². The molecule has 28 heavy (non-hydrogen) atoms. The minimum absolute atomic E-state index is 0.330. The molecule has 0 spiro atoms. The molecule has 2 aromatic carbocycles. The van der Waals surface area contributed by atoms with Gasteiger partial charge in [0.1, 0.15) is 11.4 Å². The smallest absolute Gasteiger partial charge is 0.387 e. The molecule has 8 nitrogen and oxygen atoms in total. The van der Waals surface area contributed by atoms with E-state index >= 15 is 0 Å². The summed E-state index contributed by atoms with van der Waals surface area (Å²) >= 11 is 0. The highest BCUT2D eigenvalue weighted by atomic mass is 19.3. The van der Waals surface area contributed by atoms with E-state index in [1.54, 1.807) is 0 Å². The van der Waals surface area contributed by atoms with E-state index in [2.05, 4.69) is 4.74 Å². The molecule has 0 heterocycles. The molecule has 0 aliphatic carbocycles. The van der Waals surface area contributed by atoms with E-state index in [4.69, 9.17) is 9.47 Å². The summed E-state index contributed by atoms with van der Waals surface area (Å²) in [7, 11) is 1.07. The topological polar surface area (TPSA) is 105 Å². The fraction of sp³-hybridized carbons (Fsp3) is 0.176. The van der Waals surface area contributed by atoms with Gasteiger partial charge in [-0.1, -0.05) is 12.1 Å². The molecule has 0 atom stereocenters. The van der Waals surface area contributed by atoms with Crippen molar-refractivity contribution in [3.63, 3.8) is 0 Å². The van der Waals surface area contributed by atoms with Gasteiger partial charge in [-0.15, -0.1) is 0 Å². The Balaban J connectivity index is 2.27. The molecule has 0 saturated carbocycles. The standard InChI is InChI=1S/C17H12F3NO7/c1-26-14-6-10(12(21(24)25)7-15(14)28-17(19)20)16(23)27-8-13(22)9-4-2-3-5-11(9)18/h2-7,17H,8H2,1H3. The first-order valence-electron chi connectivity index (χ1n) is 7.50. The average Bonchev–Trinajstić information content (AvgIpc) is 2.65. The quantitative estimate of drug-likeness (QED) is 0.290. The molecule has 0 unspecified atom stereocenters. The summed E-state index contributed by atoms with van der Waals surface area (Å²) in [5.74, 6) is -4.07. The highest BCUT2D eigenvalue weighted by Crippen LogP contribution is 2.36. The summed E-state index contributed by atoms with van der Waals surface area (Å²) in [4.78, 5) is 34.3. The Hall–Kier alpha value is -3.63. The largest absolute Gasteiger partial charge is 0.493 e. The van der Waals surface area contributed by atoms with E-state index in [0.29, 0.717) is 6.07 Å². The third-order valence-corrected chi connectivity index (χ3v) is 3.42. The van der Waals surface area contributed by atoms with Crippen molar-refractivity contribution in [2.45, 2.75) is 6.61 Å². The van der Waals surface area contributed by atoms with Crippen LogP contribution < -0.4 is 9.47 Å². The van der Waals surface area contributed by atoms with Crippen LogP contribution in [0.15, 0.2) is 36.4 Å². The molecule has 0 aliphatic rings. The van der Waals surface area contributed by atoms with Crippen molar-refractivity contribution in [3.05, 3.63) is 63.5 Å². The van der Waals surface area contributed by atoms with Crippen LogP contribution in [-0.2, 0) is 4.74 Å². The Bertz CT molecular complexity index is 918. The van der Waals surface area contributed by atoms with Gasteiger partial charge < -0.3 is 14.2 Å². The molecule has 0 aromatic heterocycles. The number of nitro benzene ring substituents is 1. The van der Waals surface area contributed by atoms with Gasteiger partial charge in [0.15, 0.2) is 18.1 Å². The lowest BCUT2D eigenvalue weighted by atomic mass is 10.1. The normalized spacial score (nSPS) is 10.5. The lowest BCUT2D eigenvalue weighted by molar-refractivity contribution is -0.385. The molecule has 2 aromatic rings. The molecule has 0 bridgehead atoms. The molecule has 0 aliphatic heterocycles. The van der Waals surface area contributed by atoms with Crippen molar-refractivity contribution >= 4 is 17.4 Å². The molecular weight excluding hydrogens is 387 g/mol. The summed E-state index contributed by atoms with van der Waals surface area (Å²) in [5.41, 5.74) is -1.90. The fourth-order valence-corrected chi connectivity index (χ4v) is 2.19. The second-order valence-electron chi connectivity index (χ2n) is 5.13. The Morgan fingerprint density at radius 3 is 2.39 bits per heavy atom. The third kappa shape index (κ3) is 4.75. The highest BCUT2D eigenvalue weighted by Gasteiger charge is 2.27. The second kappa shape index (κ2) is 8.84. The average molecular weight is 399 g/mol. The number of ketones is 1. The summed E-state index contributed by atoms with van der Waals surface area (Å²) in [6.07, 6.45) is 0. The molecule has 0 amide bonds. The zero-order valence-corrected chi connectivity index (χ0v) is 14.2. The third-order valence-electron chi connectivity index (χ3n) is 3.42. The molecule has 2 rings (SSSR count). The van der Waals surface area contributed by atoms with E-state index < -0.39 is 58.5 Å². The van der Waals surface area contributed by atoms with Crippen LogP contribution in [0.1, 0.15) is 20.7 Å². The number of alkyl halides is 2. The van der Waals surface area contributed by atoms with E-state index in [0.717, 1.165) is 19.2 Å². The first-order chi connectivity index (χ1) is 13.2. The van der Waals surface area contributed by atoms with Gasteiger partial charge in [-0.25, -0.2) is 9.18 Å². The van der Waals surface area contributed by atoms with Gasteiger partial charge in [-0.05, 0) is 12.1 Å². The predicted octanol–water partition coefficient (Wildman–Crippen LogP) is 3.38. The van der Waals surface area contributed by atoms with E-state index in [1.807, 2.05) is 0 Å². The lowest BCUT2D eigenvalue weighted by Crippen LogP contribution is -2.16. The van der Waals surface area contributed by atoms with Gasteiger partial charge in [0.2, 0.25) is 5.78 Å². The Morgan fingerprint density at radius 1 is 1.14 bits per heavy atom. The molecule has 0 N–H and O–H groups in total. The Labute approximate surface area is 155 Å². The number of nitro groups is 1. The number of ether oxygens (including phenoxy) is 3. The van der Waals surface area contributed by atoms with Gasteiger partial charge >= 0.3 is 12.6 Å². The molecular formula is C17H12F3NO7. The lowest BCUT2D eigenvalue weighted by Gasteiger charge is -2.12. The van der Waals surface area contributed by atoms with Gasteiger partial charge in [-0.3, -0.25) is 14.9 Å². The van der Waals surface area contributed by atoms with Crippen LogP contribution in [0.3, 0.4) is 0 Å². The van der Waals surface area contributed by atoms with Crippen LogP contribution >= 0.6 is 0 Å². The number of carbonyl (C=O) groups is 2. The van der Waals surface area contributed by atoms with Crippen LogP contribution in [0, 0.1) is 15.9 Å². The summed E-state index contributed by atoms with van der Waals surface area (Å²) < 4.78 is 52.0. The maximum Gasteiger partial charge on any atom is 0.387 e. The van der Waals surface area contributed by atoms with Crippen molar-refractivity contribution < 1.29 is 41.9 Å². The number of rotatable bonds is 8. The predicted molar refractivity (Wildman–Crippen MR) is 87.3 cm³/mol. The van der Waals surface area contributed by atoms with Crippen molar-refractivity contribution in [3.8, 4) is 11.5 Å². The minimum atomic E-state index is -3.29. The Kier molecular flexibility index (Phi) is 6.53. The number of halogens is 3. The van der Waals surface area contributed by atoms with Gasteiger partial charge in [0.25, 0.3) is 5.69 Å². The van der Waals surface area contributed by atoms with Gasteiger partial charge in [0.05, 0.1) is 23.7 Å². The molecule has 148 valence electrons. The number of hydrogen-bond acceptors (Lipinski definition) is 7. The fourth-order valence-electron chi connectivity index (χ4n) is 2.19. The number of methoxy groups -OCH3 is 1. The van der Waals surface area contributed by atoms with Crippen LogP contribution in [0.2, 0.25) is 0 Å².